The van der Waals surface area contributed by atoms with Gasteiger partial charge in [0.15, 0.2) is 0 Å². The summed E-state index contributed by atoms with van der Waals surface area (Å²) in [6, 6.07) is 5.52. The van der Waals surface area contributed by atoms with Gasteiger partial charge in [-0.2, -0.15) is 18.4 Å². The second kappa shape index (κ2) is 7.97. The first-order chi connectivity index (χ1) is 16.6. The number of aromatic nitrogens is 3. The van der Waals surface area contributed by atoms with E-state index < -0.39 is 17.8 Å². The molecule has 0 atom stereocenters. The maximum Gasteiger partial charge on any atom is 0.416 e. The molecule has 3 aromatic rings. The molecule has 9 nitrogen and oxygen atoms in total. The lowest BCUT2D eigenvalue weighted by molar-refractivity contribution is -0.137. The fraction of sp³-hybridized carbons (Fsp3) is 0.348. The second-order valence-corrected chi connectivity index (χ2v) is 9.14. The summed E-state index contributed by atoms with van der Waals surface area (Å²) in [5.41, 5.74) is -0.432. The van der Waals surface area contributed by atoms with Gasteiger partial charge in [-0.3, -0.25) is 4.79 Å². The van der Waals surface area contributed by atoms with Gasteiger partial charge in [-0.05, 0) is 37.1 Å². The molecule has 3 heterocycles. The van der Waals surface area contributed by atoms with Gasteiger partial charge in [-0.15, -0.1) is 0 Å². The first-order valence-corrected chi connectivity index (χ1v) is 10.8. The maximum atomic E-state index is 13.1. The van der Waals surface area contributed by atoms with Crippen LogP contribution in [0, 0.1) is 16.7 Å². The van der Waals surface area contributed by atoms with E-state index in [0.29, 0.717) is 42.7 Å². The number of aromatic amines is 1. The molecule has 3 amide bonds. The summed E-state index contributed by atoms with van der Waals surface area (Å²) in [4.78, 5) is 39.9. The molecule has 2 aromatic heterocycles. The van der Waals surface area contributed by atoms with E-state index in [1.54, 1.807) is 30.3 Å². The van der Waals surface area contributed by atoms with Crippen molar-refractivity contribution < 1.29 is 22.8 Å². The Balaban J connectivity index is 1.18. The van der Waals surface area contributed by atoms with Crippen LogP contribution in [0.1, 0.15) is 34.5 Å². The number of alkyl halides is 3. The van der Waals surface area contributed by atoms with Gasteiger partial charge >= 0.3 is 12.2 Å². The molecule has 2 N–H and O–H groups in total. The van der Waals surface area contributed by atoms with E-state index in [2.05, 4.69) is 20.3 Å². The highest BCUT2D eigenvalue weighted by Crippen LogP contribution is 2.50. The molecule has 0 radical (unpaired) electrons. The standard InChI is InChI=1S/C23H20F3N7O2/c1-32(21(35)31-15-5-13(9-27)4-14(6-15)23(24,25)26)16-7-22(8-16)10-33(11-22)20(34)18-17-2-3-28-19(17)30-12-29-18/h2-6,12,16H,7-8,10-11H2,1H3,(H,31,35)(H,28,29,30). The zero-order valence-electron chi connectivity index (χ0n) is 18.6. The molecule has 12 heteroatoms. The lowest BCUT2D eigenvalue weighted by Gasteiger charge is -2.60. The maximum absolute atomic E-state index is 13.1. The van der Waals surface area contributed by atoms with E-state index in [1.165, 1.54) is 17.3 Å². The smallest absolute Gasteiger partial charge is 0.346 e. The van der Waals surface area contributed by atoms with Crippen molar-refractivity contribution in [2.45, 2.75) is 25.1 Å². The highest BCUT2D eigenvalue weighted by molar-refractivity contribution is 6.04. The van der Waals surface area contributed by atoms with Gasteiger partial charge in [0.05, 0.1) is 22.6 Å². The van der Waals surface area contributed by atoms with Crippen molar-refractivity contribution in [2.24, 2.45) is 5.41 Å². The van der Waals surface area contributed by atoms with Crippen LogP contribution >= 0.6 is 0 Å². The van der Waals surface area contributed by atoms with Crippen LogP contribution in [0.25, 0.3) is 11.0 Å². The topological polar surface area (TPSA) is 118 Å². The largest absolute Gasteiger partial charge is 0.416 e. The van der Waals surface area contributed by atoms with Gasteiger partial charge in [-0.25, -0.2) is 14.8 Å². The molecule has 1 aliphatic heterocycles. The van der Waals surface area contributed by atoms with Crippen LogP contribution in [0.2, 0.25) is 0 Å². The fourth-order valence-electron chi connectivity index (χ4n) is 4.88. The molecule has 35 heavy (non-hydrogen) atoms. The van der Waals surface area contributed by atoms with Crippen LogP contribution < -0.4 is 5.32 Å². The van der Waals surface area contributed by atoms with Gasteiger partial charge in [0.1, 0.15) is 17.7 Å². The summed E-state index contributed by atoms with van der Waals surface area (Å²) in [5, 5.41) is 12.1. The number of halogens is 3. The van der Waals surface area contributed by atoms with Crippen molar-refractivity contribution in [2.75, 3.05) is 25.5 Å². The Labute approximate surface area is 197 Å². The average molecular weight is 483 g/mol. The van der Waals surface area contributed by atoms with E-state index in [4.69, 9.17) is 5.26 Å². The number of amides is 3. The zero-order chi connectivity index (χ0) is 25.0. The van der Waals surface area contributed by atoms with Crippen molar-refractivity contribution in [3.63, 3.8) is 0 Å². The summed E-state index contributed by atoms with van der Waals surface area (Å²) in [6.45, 7) is 1.10. The number of nitrogens with zero attached hydrogens (tertiary/aromatic N) is 5. The number of nitriles is 1. The first kappa shape index (κ1) is 22.6. The van der Waals surface area contributed by atoms with Crippen molar-refractivity contribution in [3.8, 4) is 6.07 Å². The third kappa shape index (κ3) is 4.03. The number of anilines is 1. The van der Waals surface area contributed by atoms with Crippen LogP contribution in [0.3, 0.4) is 0 Å². The quantitative estimate of drug-likeness (QED) is 0.590. The highest BCUT2D eigenvalue weighted by atomic mass is 19.4. The van der Waals surface area contributed by atoms with Gasteiger partial charge in [-0.1, -0.05) is 0 Å². The monoisotopic (exact) mass is 483 g/mol. The van der Waals surface area contributed by atoms with Crippen LogP contribution in [0.5, 0.6) is 0 Å². The predicted molar refractivity (Wildman–Crippen MR) is 118 cm³/mol. The minimum absolute atomic E-state index is 0.0800. The van der Waals surface area contributed by atoms with Crippen LogP contribution in [0.15, 0.2) is 36.8 Å². The molecular formula is C23H20F3N7O2. The Bertz CT molecular complexity index is 1360. The molecule has 1 aromatic carbocycles. The Morgan fingerprint density at radius 2 is 2.00 bits per heavy atom. The number of benzene rings is 1. The van der Waals surface area contributed by atoms with E-state index >= 15 is 0 Å². The SMILES string of the molecule is CN(C(=O)Nc1cc(C#N)cc(C(F)(F)F)c1)C1CC2(C1)CN(C(=O)c1ncnc3[nH]ccc13)C2. The van der Waals surface area contributed by atoms with Gasteiger partial charge in [0.25, 0.3) is 5.91 Å². The summed E-state index contributed by atoms with van der Waals surface area (Å²) >= 11 is 0. The molecule has 1 saturated heterocycles. The lowest BCUT2D eigenvalue weighted by Crippen LogP contribution is -2.67. The molecule has 0 unspecified atom stereocenters. The van der Waals surface area contributed by atoms with E-state index in [9.17, 15) is 22.8 Å². The van der Waals surface area contributed by atoms with Crippen molar-refractivity contribution >= 4 is 28.7 Å². The Morgan fingerprint density at radius 1 is 1.26 bits per heavy atom. The normalized spacial score (nSPS) is 16.9. The summed E-state index contributed by atoms with van der Waals surface area (Å²) < 4.78 is 39.3. The number of fused-ring (bicyclic) bond motifs is 1. The number of hydrogen-bond donors (Lipinski definition) is 2. The molecular weight excluding hydrogens is 463 g/mol. The molecule has 1 spiro atoms. The molecule has 0 bridgehead atoms. The van der Waals surface area contributed by atoms with Gasteiger partial charge < -0.3 is 20.1 Å². The third-order valence-corrected chi connectivity index (χ3v) is 6.74. The van der Waals surface area contributed by atoms with Crippen molar-refractivity contribution in [1.29, 1.82) is 5.26 Å². The number of nitrogens with one attached hydrogen (secondary N) is 2. The van der Waals surface area contributed by atoms with E-state index in [1.807, 2.05) is 0 Å². The molecule has 2 fully saturated rings. The molecule has 5 rings (SSSR count). The Hall–Kier alpha value is -4.14. The second-order valence-electron chi connectivity index (χ2n) is 9.14. The molecule has 1 saturated carbocycles. The summed E-state index contributed by atoms with van der Waals surface area (Å²) in [7, 11) is 1.58. The van der Waals surface area contributed by atoms with Crippen molar-refractivity contribution in [1.82, 2.24) is 24.8 Å². The molecule has 180 valence electrons. The van der Waals surface area contributed by atoms with E-state index in [-0.39, 0.29) is 28.6 Å². The zero-order valence-corrected chi connectivity index (χ0v) is 18.6. The number of carbonyl (C=O) groups excluding carboxylic acids is 2. The Morgan fingerprint density at radius 3 is 2.69 bits per heavy atom. The highest BCUT2D eigenvalue weighted by Gasteiger charge is 2.55. The number of H-pyrrole nitrogens is 1. The van der Waals surface area contributed by atoms with Crippen molar-refractivity contribution in [3.05, 3.63) is 53.6 Å². The van der Waals surface area contributed by atoms with Gasteiger partial charge in [0, 0.05) is 43.5 Å². The fourth-order valence-corrected chi connectivity index (χ4v) is 4.88. The number of likely N-dealkylation sites (tertiary alicyclic amines) is 1. The number of rotatable bonds is 3. The summed E-state index contributed by atoms with van der Waals surface area (Å²) in [6.07, 6.45) is -0.235. The number of urea groups is 1. The van der Waals surface area contributed by atoms with Gasteiger partial charge in [0.2, 0.25) is 0 Å². The number of hydrogen-bond acceptors (Lipinski definition) is 5. The number of carbonyl (C=O) groups is 2. The minimum atomic E-state index is -4.63. The summed E-state index contributed by atoms with van der Waals surface area (Å²) in [5.74, 6) is -0.171. The van der Waals surface area contributed by atoms with Crippen LogP contribution in [-0.4, -0.2) is 62.9 Å². The first-order valence-electron chi connectivity index (χ1n) is 10.8. The Kier molecular flexibility index (Phi) is 5.16. The molecule has 1 aliphatic carbocycles. The van der Waals surface area contributed by atoms with Crippen LogP contribution in [0.4, 0.5) is 23.7 Å². The third-order valence-electron chi connectivity index (χ3n) is 6.74. The lowest BCUT2D eigenvalue weighted by atomic mass is 9.60. The average Bonchev–Trinajstić information content (AvgIpc) is 3.25. The minimum Gasteiger partial charge on any atom is -0.346 e. The van der Waals surface area contributed by atoms with Crippen LogP contribution in [-0.2, 0) is 6.18 Å². The van der Waals surface area contributed by atoms with E-state index in [0.717, 1.165) is 12.1 Å². The predicted octanol–water partition coefficient (Wildman–Crippen LogP) is 3.62. The molecule has 2 aliphatic rings.